The highest BCUT2D eigenvalue weighted by Gasteiger charge is 2.18. The van der Waals surface area contributed by atoms with Gasteiger partial charge in [-0.05, 0) is 43.9 Å². The molecule has 1 aliphatic carbocycles. The number of sulfonamides is 1. The number of aryl methyl sites for hydroxylation is 2. The van der Waals surface area contributed by atoms with E-state index in [1.165, 1.54) is 40.8 Å². The molecule has 8 heteroatoms. The second-order valence-corrected chi connectivity index (χ2v) is 8.92. The number of hydrogen-bond donors (Lipinski definition) is 2. The molecule has 2 N–H and O–H groups in total. The lowest BCUT2D eigenvalue weighted by molar-refractivity contribution is 0.102. The van der Waals surface area contributed by atoms with Gasteiger partial charge in [0.2, 0.25) is 10.0 Å². The molecule has 1 heterocycles. The Kier molecular flexibility index (Phi) is 5.85. The predicted molar refractivity (Wildman–Crippen MR) is 103 cm³/mol. The Morgan fingerprint density at radius 1 is 1.27 bits per heavy atom. The second-order valence-electron chi connectivity index (χ2n) is 6.07. The summed E-state index contributed by atoms with van der Waals surface area (Å²) in [5, 5.41) is 3.36. The molecule has 1 aromatic carbocycles. The van der Waals surface area contributed by atoms with E-state index in [9.17, 15) is 13.2 Å². The molecule has 2 aromatic rings. The number of anilines is 1. The van der Waals surface area contributed by atoms with Crippen LogP contribution >= 0.6 is 11.3 Å². The molecule has 1 aromatic heterocycles. The lowest BCUT2D eigenvalue weighted by atomic mass is 10.2. The highest BCUT2D eigenvalue weighted by atomic mass is 32.2. The van der Waals surface area contributed by atoms with Crippen molar-refractivity contribution >= 4 is 32.4 Å². The number of benzene rings is 1. The number of thiazole rings is 1. The first kappa shape index (κ1) is 18.8. The van der Waals surface area contributed by atoms with Gasteiger partial charge in [-0.25, -0.2) is 18.1 Å². The van der Waals surface area contributed by atoms with Crippen molar-refractivity contribution in [1.82, 2.24) is 9.71 Å². The zero-order valence-corrected chi connectivity index (χ0v) is 16.0. The quantitative estimate of drug-likeness (QED) is 0.585. The maximum absolute atomic E-state index is 12.5. The monoisotopic (exact) mass is 391 g/mol. The van der Waals surface area contributed by atoms with Gasteiger partial charge in [0.05, 0.1) is 10.6 Å². The van der Waals surface area contributed by atoms with E-state index in [2.05, 4.69) is 21.6 Å². The van der Waals surface area contributed by atoms with Crippen molar-refractivity contribution in [3.63, 3.8) is 0 Å². The number of aromatic nitrogens is 1. The van der Waals surface area contributed by atoms with E-state index in [4.69, 9.17) is 0 Å². The maximum atomic E-state index is 12.5. The number of nitrogens with one attached hydrogen (secondary N) is 2. The molecule has 0 aliphatic heterocycles. The van der Waals surface area contributed by atoms with E-state index < -0.39 is 10.0 Å². The summed E-state index contributed by atoms with van der Waals surface area (Å²) in [6.45, 7) is 3.61. The average Bonchev–Trinajstić information content (AvgIpc) is 2.88. The lowest BCUT2D eigenvalue weighted by Gasteiger charge is -2.07. The number of fused-ring (bicyclic) bond motifs is 1. The van der Waals surface area contributed by atoms with Gasteiger partial charge in [-0.3, -0.25) is 10.1 Å². The maximum Gasteiger partial charge on any atom is 0.257 e. The molecule has 1 amide bonds. The number of hydrogen-bond acceptors (Lipinski definition) is 5. The number of carbonyl (C=O) groups is 1. The molecule has 0 unspecified atom stereocenters. The first-order valence-corrected chi connectivity index (χ1v) is 10.8. The second kappa shape index (κ2) is 8.11. The van der Waals surface area contributed by atoms with Gasteiger partial charge in [0.1, 0.15) is 0 Å². The summed E-state index contributed by atoms with van der Waals surface area (Å²) in [4.78, 5) is 18.3. The fourth-order valence-corrected chi connectivity index (χ4v) is 4.90. The van der Waals surface area contributed by atoms with Crippen molar-refractivity contribution < 1.29 is 13.2 Å². The van der Waals surface area contributed by atoms with Crippen LogP contribution in [0.25, 0.3) is 0 Å². The van der Waals surface area contributed by atoms with Crippen molar-refractivity contribution in [2.24, 2.45) is 0 Å². The fourth-order valence-electron chi connectivity index (χ4n) is 2.81. The minimum atomic E-state index is -3.67. The highest BCUT2D eigenvalue weighted by molar-refractivity contribution is 7.89. The summed E-state index contributed by atoms with van der Waals surface area (Å²) < 4.78 is 26.8. The van der Waals surface area contributed by atoms with Crippen molar-refractivity contribution in [2.45, 2.75) is 37.0 Å². The van der Waals surface area contributed by atoms with Gasteiger partial charge in [0, 0.05) is 17.0 Å². The Balaban J connectivity index is 1.76. The molecule has 1 aliphatic rings. The smallest absolute Gasteiger partial charge is 0.257 e. The van der Waals surface area contributed by atoms with Gasteiger partial charge >= 0.3 is 0 Å². The minimum absolute atomic E-state index is 0.0434. The van der Waals surface area contributed by atoms with Crippen molar-refractivity contribution in [3.05, 3.63) is 53.1 Å². The Morgan fingerprint density at radius 3 is 2.88 bits per heavy atom. The van der Waals surface area contributed by atoms with Gasteiger partial charge in [0.25, 0.3) is 5.91 Å². The van der Waals surface area contributed by atoms with E-state index in [1.54, 1.807) is 12.1 Å². The molecule has 6 nitrogen and oxygen atoms in total. The molecular weight excluding hydrogens is 370 g/mol. The van der Waals surface area contributed by atoms with E-state index in [1.807, 2.05) is 0 Å². The topological polar surface area (TPSA) is 88.2 Å². The molecule has 0 bridgehead atoms. The summed E-state index contributed by atoms with van der Waals surface area (Å²) in [6.07, 6.45) is 6.91. The molecule has 0 saturated carbocycles. The molecule has 0 spiro atoms. The van der Waals surface area contributed by atoms with Gasteiger partial charge in [-0.2, -0.15) is 0 Å². The fraction of sp³-hybridized carbons (Fsp3) is 0.333. The molecular formula is C18H21N3O3S2. The SMILES string of the molecule is C=CCNS(=O)(=O)c1cccc(C(=O)Nc2nc3c(s2)CCCCC3)c1. The minimum Gasteiger partial charge on any atom is -0.298 e. The van der Waals surface area contributed by atoms with Crippen LogP contribution in [0.5, 0.6) is 0 Å². The summed E-state index contributed by atoms with van der Waals surface area (Å²) in [5.74, 6) is -0.366. The highest BCUT2D eigenvalue weighted by Crippen LogP contribution is 2.29. The molecule has 0 radical (unpaired) electrons. The zero-order chi connectivity index (χ0) is 18.6. The van der Waals surface area contributed by atoms with E-state index >= 15 is 0 Å². The molecule has 138 valence electrons. The number of nitrogens with zero attached hydrogens (tertiary/aromatic N) is 1. The van der Waals surface area contributed by atoms with Crippen LogP contribution in [0, 0.1) is 0 Å². The van der Waals surface area contributed by atoms with Crippen LogP contribution in [0.2, 0.25) is 0 Å². The van der Waals surface area contributed by atoms with Crippen molar-refractivity contribution in [2.75, 3.05) is 11.9 Å². The van der Waals surface area contributed by atoms with Crippen molar-refractivity contribution in [1.29, 1.82) is 0 Å². The lowest BCUT2D eigenvalue weighted by Crippen LogP contribution is -2.24. The number of rotatable bonds is 6. The van der Waals surface area contributed by atoms with Crippen LogP contribution in [0.3, 0.4) is 0 Å². The molecule has 0 atom stereocenters. The van der Waals surface area contributed by atoms with Crippen LogP contribution in [-0.2, 0) is 22.9 Å². The van der Waals surface area contributed by atoms with Gasteiger partial charge in [0.15, 0.2) is 5.13 Å². The average molecular weight is 392 g/mol. The Morgan fingerprint density at radius 2 is 2.08 bits per heavy atom. The van der Waals surface area contributed by atoms with Crippen molar-refractivity contribution in [3.8, 4) is 0 Å². The van der Waals surface area contributed by atoms with Crippen LogP contribution in [0.1, 0.15) is 40.2 Å². The van der Waals surface area contributed by atoms with Gasteiger partial charge in [-0.15, -0.1) is 17.9 Å². The number of carbonyl (C=O) groups excluding carboxylic acids is 1. The first-order valence-electron chi connectivity index (χ1n) is 8.50. The third-order valence-corrected chi connectivity index (χ3v) is 6.63. The Labute approximate surface area is 157 Å². The van der Waals surface area contributed by atoms with Crippen LogP contribution in [0.15, 0.2) is 41.8 Å². The number of amides is 1. The van der Waals surface area contributed by atoms with Crippen LogP contribution in [0.4, 0.5) is 5.13 Å². The summed E-state index contributed by atoms with van der Waals surface area (Å²) in [6, 6.07) is 5.95. The first-order chi connectivity index (χ1) is 12.5. The van der Waals surface area contributed by atoms with Gasteiger partial charge < -0.3 is 0 Å². The van der Waals surface area contributed by atoms with E-state index in [-0.39, 0.29) is 22.9 Å². The normalized spacial score (nSPS) is 14.3. The van der Waals surface area contributed by atoms with E-state index in [0.29, 0.717) is 5.13 Å². The van der Waals surface area contributed by atoms with Gasteiger partial charge in [-0.1, -0.05) is 18.6 Å². The predicted octanol–water partition coefficient (Wildman–Crippen LogP) is 3.13. The third kappa shape index (κ3) is 4.38. The van der Waals surface area contributed by atoms with Crippen LogP contribution in [-0.4, -0.2) is 25.9 Å². The standard InChI is InChI=1S/C18H21N3O3S2/c1-2-11-19-26(23,24)14-8-6-7-13(12-14)17(22)21-18-20-15-9-4-3-5-10-16(15)25-18/h2,6-8,12,19H,1,3-5,9-11H2,(H,20,21,22). The molecule has 26 heavy (non-hydrogen) atoms. The largest absolute Gasteiger partial charge is 0.298 e. The Bertz CT molecular complexity index is 896. The summed E-state index contributed by atoms with van der Waals surface area (Å²) in [5.41, 5.74) is 1.35. The summed E-state index contributed by atoms with van der Waals surface area (Å²) >= 11 is 1.51. The summed E-state index contributed by atoms with van der Waals surface area (Å²) in [7, 11) is -3.67. The molecule has 0 fully saturated rings. The Hall–Kier alpha value is -2.03. The molecule has 0 saturated heterocycles. The third-order valence-electron chi connectivity index (χ3n) is 4.14. The zero-order valence-electron chi connectivity index (χ0n) is 14.3. The van der Waals surface area contributed by atoms with E-state index in [0.717, 1.165) is 31.4 Å². The van der Waals surface area contributed by atoms with Crippen LogP contribution < -0.4 is 10.0 Å². The molecule has 3 rings (SSSR count).